The van der Waals surface area contributed by atoms with E-state index in [0.29, 0.717) is 37.6 Å². The summed E-state index contributed by atoms with van der Waals surface area (Å²) in [5.41, 5.74) is 5.25. The van der Waals surface area contributed by atoms with Gasteiger partial charge in [0.15, 0.2) is 5.82 Å². The minimum atomic E-state index is -1.21. The molecule has 1 aromatic heterocycles. The maximum atomic E-state index is 13.8. The fourth-order valence-corrected chi connectivity index (χ4v) is 7.10. The molecule has 246 valence electrons. The number of anilines is 1. The molecule has 6 rings (SSSR count). The van der Waals surface area contributed by atoms with E-state index >= 15 is 0 Å². The summed E-state index contributed by atoms with van der Waals surface area (Å²) in [7, 11) is 0. The molecule has 0 amide bonds. The highest BCUT2D eigenvalue weighted by molar-refractivity contribution is 6.03. The van der Waals surface area contributed by atoms with Crippen LogP contribution in [0.25, 0.3) is 0 Å². The lowest BCUT2D eigenvalue weighted by molar-refractivity contribution is -0.169. The van der Waals surface area contributed by atoms with Crippen LogP contribution in [-0.2, 0) is 20.7 Å². The summed E-state index contributed by atoms with van der Waals surface area (Å²) in [5, 5.41) is 0. The van der Waals surface area contributed by atoms with E-state index in [9.17, 15) is 9.59 Å². The molecule has 2 atom stereocenters. The maximum Gasteiger partial charge on any atom is 0.351 e. The Balaban J connectivity index is 1.30. The number of aromatic nitrogens is 2. The number of piperazine rings is 1. The van der Waals surface area contributed by atoms with Crippen molar-refractivity contribution in [3.8, 4) is 11.5 Å². The van der Waals surface area contributed by atoms with Crippen molar-refractivity contribution >= 4 is 29.2 Å². The molecule has 2 unspecified atom stereocenters. The molecule has 0 aliphatic carbocycles. The Morgan fingerprint density at radius 3 is 2.30 bits per heavy atom. The zero-order valence-electron chi connectivity index (χ0n) is 28.1. The first-order valence-corrected chi connectivity index (χ1v) is 16.7. The van der Waals surface area contributed by atoms with E-state index in [0.717, 1.165) is 109 Å². The summed E-state index contributed by atoms with van der Waals surface area (Å²) in [5.74, 6) is 2.15. The van der Waals surface area contributed by atoms with E-state index in [-0.39, 0.29) is 18.0 Å². The molecule has 1 saturated heterocycles. The van der Waals surface area contributed by atoms with E-state index < -0.39 is 5.60 Å². The van der Waals surface area contributed by atoms with E-state index in [1.54, 1.807) is 0 Å². The van der Waals surface area contributed by atoms with Crippen molar-refractivity contribution in [3.63, 3.8) is 0 Å². The molecule has 5 heterocycles. The van der Waals surface area contributed by atoms with E-state index in [1.165, 1.54) is 6.92 Å². The quantitative estimate of drug-likeness (QED) is 0.310. The smallest absolute Gasteiger partial charge is 0.351 e. The van der Waals surface area contributed by atoms with Gasteiger partial charge >= 0.3 is 11.9 Å². The Morgan fingerprint density at radius 2 is 1.67 bits per heavy atom. The van der Waals surface area contributed by atoms with Gasteiger partial charge in [0.25, 0.3) is 0 Å². The molecule has 0 radical (unpaired) electrons. The van der Waals surface area contributed by atoms with Gasteiger partial charge in [-0.3, -0.25) is 19.7 Å². The van der Waals surface area contributed by atoms with Crippen molar-refractivity contribution in [1.82, 2.24) is 14.9 Å². The number of carbonyl (C=O) groups is 2. The summed E-state index contributed by atoms with van der Waals surface area (Å²) in [6.45, 7) is 16.0. The number of esters is 2. The number of benzene rings is 1. The monoisotopic (exact) mass is 630 g/mol. The van der Waals surface area contributed by atoms with Crippen LogP contribution >= 0.6 is 0 Å². The van der Waals surface area contributed by atoms with Crippen molar-refractivity contribution in [2.75, 3.05) is 50.8 Å². The van der Waals surface area contributed by atoms with Crippen molar-refractivity contribution in [1.29, 1.82) is 0 Å². The molecule has 2 aromatic rings. The first-order chi connectivity index (χ1) is 22.1. The molecule has 0 spiro atoms. The molecule has 46 heavy (non-hydrogen) atoms. The average Bonchev–Trinajstić information content (AvgIpc) is 3.80. The van der Waals surface area contributed by atoms with Gasteiger partial charge in [-0.2, -0.15) is 0 Å². The molecule has 11 nitrogen and oxygen atoms in total. The third kappa shape index (κ3) is 6.01. The van der Waals surface area contributed by atoms with Crippen molar-refractivity contribution in [2.45, 2.75) is 91.7 Å². The highest BCUT2D eigenvalue weighted by Crippen LogP contribution is 2.45. The molecule has 0 saturated carbocycles. The van der Waals surface area contributed by atoms with Gasteiger partial charge in [0.1, 0.15) is 17.3 Å². The lowest BCUT2D eigenvalue weighted by atomic mass is 9.82. The lowest BCUT2D eigenvalue weighted by Crippen LogP contribution is -2.65. The number of nitrogens with zero attached hydrogens (tertiary/aromatic N) is 6. The Morgan fingerprint density at radius 1 is 0.978 bits per heavy atom. The average molecular weight is 631 g/mol. The number of carbonyl (C=O) groups excluding carboxylic acids is 2. The van der Waals surface area contributed by atoms with Crippen LogP contribution in [0.15, 0.2) is 16.1 Å². The molecule has 4 aliphatic rings. The zero-order chi connectivity index (χ0) is 32.6. The lowest BCUT2D eigenvalue weighted by Gasteiger charge is -2.49. The van der Waals surface area contributed by atoms with Crippen LogP contribution in [0.3, 0.4) is 0 Å². The second kappa shape index (κ2) is 13.1. The number of hydrogen-bond donors (Lipinski definition) is 0. The van der Waals surface area contributed by atoms with Gasteiger partial charge in [-0.1, -0.05) is 6.92 Å². The molecular weight excluding hydrogens is 584 g/mol. The summed E-state index contributed by atoms with van der Waals surface area (Å²) in [6.07, 6.45) is 5.21. The van der Waals surface area contributed by atoms with Crippen molar-refractivity contribution in [3.05, 3.63) is 39.8 Å². The number of ether oxygens (including phenoxy) is 3. The number of hydrogen-bond acceptors (Lipinski definition) is 11. The van der Waals surface area contributed by atoms with Gasteiger partial charge in [-0.05, 0) is 82.9 Å². The van der Waals surface area contributed by atoms with Crippen LogP contribution in [0.1, 0.15) is 86.6 Å². The Bertz CT molecular complexity index is 1550. The van der Waals surface area contributed by atoms with Crippen LogP contribution < -0.4 is 14.4 Å². The van der Waals surface area contributed by atoms with E-state index in [1.807, 2.05) is 34.6 Å². The summed E-state index contributed by atoms with van der Waals surface area (Å²) in [4.78, 5) is 49.7. The minimum Gasteiger partial charge on any atom is -0.474 e. The fourth-order valence-electron chi connectivity index (χ4n) is 7.10. The maximum absolute atomic E-state index is 13.8. The SMILES string of the molecule is CCCOC(=O)C1(C)Oc2c(C)c(C)c(OC(C)=O)c(C)c2CC1N1CCN(c2cc(C3=NCCC3)nc(C3=NCCC3)n2)CC1. The van der Waals surface area contributed by atoms with Gasteiger partial charge in [-0.25, -0.2) is 14.8 Å². The molecule has 1 aromatic carbocycles. The first-order valence-electron chi connectivity index (χ1n) is 16.7. The third-order valence-corrected chi connectivity index (χ3v) is 9.84. The highest BCUT2D eigenvalue weighted by Gasteiger charge is 2.52. The number of aliphatic imine (C=N–C) groups is 2. The van der Waals surface area contributed by atoms with Crippen LogP contribution in [0.4, 0.5) is 5.82 Å². The summed E-state index contributed by atoms with van der Waals surface area (Å²) >= 11 is 0. The molecule has 0 N–H and O–H groups in total. The van der Waals surface area contributed by atoms with Crippen LogP contribution in [-0.4, -0.2) is 95.7 Å². The molecule has 1 fully saturated rings. The number of fused-ring (bicyclic) bond motifs is 1. The van der Waals surface area contributed by atoms with Crippen LogP contribution in [0, 0.1) is 20.8 Å². The van der Waals surface area contributed by atoms with Crippen LogP contribution in [0.5, 0.6) is 11.5 Å². The Labute approximate surface area is 271 Å². The predicted molar refractivity (Wildman–Crippen MR) is 177 cm³/mol. The Kier molecular flexibility index (Phi) is 9.14. The topological polar surface area (TPSA) is 119 Å². The second-order valence-electron chi connectivity index (χ2n) is 13.0. The second-order valence-corrected chi connectivity index (χ2v) is 13.0. The third-order valence-electron chi connectivity index (χ3n) is 9.84. The minimum absolute atomic E-state index is 0.283. The number of rotatable bonds is 8. The predicted octanol–water partition coefficient (Wildman–Crippen LogP) is 4.33. The normalized spacial score (nSPS) is 23.0. The largest absolute Gasteiger partial charge is 0.474 e. The Hall–Kier alpha value is -3.86. The fraction of sp³-hybridized carbons (Fsp3) is 0.600. The highest BCUT2D eigenvalue weighted by atomic mass is 16.6. The summed E-state index contributed by atoms with van der Waals surface area (Å²) in [6, 6.07) is 1.80. The zero-order valence-corrected chi connectivity index (χ0v) is 28.1. The molecule has 4 aliphatic heterocycles. The van der Waals surface area contributed by atoms with E-state index in [2.05, 4.69) is 20.9 Å². The van der Waals surface area contributed by atoms with Crippen molar-refractivity contribution < 1.29 is 23.8 Å². The van der Waals surface area contributed by atoms with Gasteiger partial charge in [-0.15, -0.1) is 0 Å². The molecular formula is C35H46N6O5. The molecule has 11 heteroatoms. The van der Waals surface area contributed by atoms with Gasteiger partial charge in [0.05, 0.1) is 29.8 Å². The standard InChI is InChI=1S/C35H46N6O5/c1-7-18-44-34(43)35(6)29(19-25-23(4)31(45-24(5)42)21(2)22(3)32(25)46-35)40-14-16-41(17-15-40)30-20-28(26-10-8-12-36-26)38-33(39-30)27-11-9-13-37-27/h20,29H,7-19H2,1-6H3. The first kappa shape index (κ1) is 32.1. The molecule has 0 bridgehead atoms. The van der Waals surface area contributed by atoms with Crippen LogP contribution in [0.2, 0.25) is 0 Å². The van der Waals surface area contributed by atoms with Gasteiger partial charge < -0.3 is 19.1 Å². The van der Waals surface area contributed by atoms with Crippen molar-refractivity contribution in [2.24, 2.45) is 9.98 Å². The summed E-state index contributed by atoms with van der Waals surface area (Å²) < 4.78 is 18.2. The van der Waals surface area contributed by atoms with E-state index in [4.69, 9.17) is 29.2 Å². The van der Waals surface area contributed by atoms with Gasteiger partial charge in [0.2, 0.25) is 5.60 Å². The van der Waals surface area contributed by atoms with Gasteiger partial charge in [0, 0.05) is 57.8 Å².